The number of aryl methyl sites for hydroxylation is 2. The first-order valence-corrected chi connectivity index (χ1v) is 11.6. The maximum atomic E-state index is 13.1. The van der Waals surface area contributed by atoms with Crippen LogP contribution in [0.5, 0.6) is 0 Å². The predicted octanol–water partition coefficient (Wildman–Crippen LogP) is 6.60. The molecule has 0 atom stereocenters. The Bertz CT molecular complexity index is 1380. The van der Waals surface area contributed by atoms with Gasteiger partial charge in [0.15, 0.2) is 0 Å². The average molecular weight is 459 g/mol. The number of hydrogen-bond acceptors (Lipinski definition) is 2. The van der Waals surface area contributed by atoms with E-state index >= 15 is 0 Å². The third kappa shape index (κ3) is 4.64. The number of benzene rings is 3. The van der Waals surface area contributed by atoms with E-state index in [-0.39, 0.29) is 17.5 Å². The molecule has 35 heavy (non-hydrogen) atoms. The van der Waals surface area contributed by atoms with Crippen molar-refractivity contribution in [3.8, 4) is 0 Å². The van der Waals surface area contributed by atoms with Gasteiger partial charge in [-0.2, -0.15) is 0 Å². The van der Waals surface area contributed by atoms with Crippen molar-refractivity contribution in [1.82, 2.24) is 9.97 Å². The van der Waals surface area contributed by atoms with Gasteiger partial charge >= 0.3 is 0 Å². The Kier molecular flexibility index (Phi) is 6.02. The number of aromatic nitrogens is 2. The van der Waals surface area contributed by atoms with E-state index in [1.54, 1.807) is 0 Å². The van der Waals surface area contributed by atoms with Crippen LogP contribution in [0.1, 0.15) is 66.1 Å². The second kappa shape index (κ2) is 9.43. The first kappa shape index (κ1) is 22.4. The predicted molar refractivity (Wildman–Crippen MR) is 138 cm³/mol. The summed E-state index contributed by atoms with van der Waals surface area (Å²) in [5.74, 6) is -0.287. The molecule has 0 bridgehead atoms. The van der Waals surface area contributed by atoms with Gasteiger partial charge in [0.1, 0.15) is 0 Å². The molecule has 0 aliphatic heterocycles. The Balaban J connectivity index is 1.49. The number of nitrogens with one attached hydrogen (secondary N) is 2. The van der Waals surface area contributed by atoms with Crippen molar-refractivity contribution in [2.24, 2.45) is 0 Å². The summed E-state index contributed by atoms with van der Waals surface area (Å²) >= 11 is 0. The molecule has 5 aromatic rings. The van der Waals surface area contributed by atoms with E-state index in [4.69, 9.17) is 0 Å². The van der Waals surface area contributed by atoms with Gasteiger partial charge in [0.05, 0.1) is 17.3 Å². The summed E-state index contributed by atoms with van der Waals surface area (Å²) in [6.45, 7) is 4.00. The molecule has 2 N–H and O–H groups in total. The molecule has 4 heteroatoms. The van der Waals surface area contributed by atoms with Crippen molar-refractivity contribution in [1.29, 1.82) is 0 Å². The van der Waals surface area contributed by atoms with E-state index < -0.39 is 0 Å². The van der Waals surface area contributed by atoms with Crippen molar-refractivity contribution in [2.45, 2.75) is 19.8 Å². The molecule has 0 saturated carbocycles. The van der Waals surface area contributed by atoms with Crippen LogP contribution in [0.25, 0.3) is 0 Å². The zero-order valence-electron chi connectivity index (χ0n) is 19.7. The van der Waals surface area contributed by atoms with Crippen LogP contribution in [-0.4, -0.2) is 21.5 Å². The first-order valence-electron chi connectivity index (χ1n) is 11.6. The number of aromatic amines is 2. The Morgan fingerprint density at radius 1 is 0.543 bits per heavy atom. The summed E-state index contributed by atoms with van der Waals surface area (Å²) in [5, 5.41) is 0. The number of hydrogen-bond donors (Lipinski definition) is 2. The van der Waals surface area contributed by atoms with E-state index in [2.05, 4.69) is 22.1 Å². The number of carbonyl (C=O) groups excluding carboxylic acids is 2. The topological polar surface area (TPSA) is 65.7 Å². The van der Waals surface area contributed by atoms with Gasteiger partial charge in [-0.1, -0.05) is 90.0 Å². The number of ketones is 2. The molecule has 0 spiro atoms. The summed E-state index contributed by atoms with van der Waals surface area (Å²) in [4.78, 5) is 32.8. The quantitative estimate of drug-likeness (QED) is 0.270. The van der Waals surface area contributed by atoms with Crippen molar-refractivity contribution < 1.29 is 9.59 Å². The minimum atomic E-state index is -0.185. The van der Waals surface area contributed by atoms with Crippen molar-refractivity contribution in [3.63, 3.8) is 0 Å². The van der Waals surface area contributed by atoms with Gasteiger partial charge in [0.2, 0.25) is 11.6 Å². The SMILES string of the molecule is Cc1ccc(C(=O)c2ccc(C(c3ccccc3)c3ccc(C(=O)c4ccc(C)cc4)[nH]3)[nH]2)cc1. The zero-order chi connectivity index (χ0) is 24.4. The van der Waals surface area contributed by atoms with Crippen molar-refractivity contribution in [3.05, 3.63) is 154 Å². The third-order valence-corrected chi connectivity index (χ3v) is 6.29. The largest absolute Gasteiger partial charge is 0.355 e. The molecule has 0 aliphatic rings. The molecule has 0 saturated heterocycles. The highest BCUT2D eigenvalue weighted by molar-refractivity contribution is 6.08. The van der Waals surface area contributed by atoms with Gasteiger partial charge in [-0.05, 0) is 43.7 Å². The Hall–Kier alpha value is -4.44. The lowest BCUT2D eigenvalue weighted by molar-refractivity contribution is 0.102. The van der Waals surface area contributed by atoms with Crippen LogP contribution in [0.15, 0.2) is 103 Å². The maximum Gasteiger partial charge on any atom is 0.209 e. The van der Waals surface area contributed by atoms with Gasteiger partial charge in [0, 0.05) is 22.5 Å². The second-order valence-corrected chi connectivity index (χ2v) is 8.89. The Morgan fingerprint density at radius 2 is 0.971 bits per heavy atom. The van der Waals surface area contributed by atoms with Gasteiger partial charge in [0.25, 0.3) is 0 Å². The summed E-state index contributed by atoms with van der Waals surface area (Å²) in [5.41, 5.74) is 7.39. The van der Waals surface area contributed by atoms with E-state index in [1.165, 1.54) is 0 Å². The van der Waals surface area contributed by atoms with Crippen LogP contribution >= 0.6 is 0 Å². The standard InChI is InChI=1S/C31H26N2O2/c1-20-8-12-23(13-9-20)30(34)27-18-16-25(32-27)29(22-6-4-3-5-7-22)26-17-19-28(33-26)31(35)24-14-10-21(2)11-15-24/h3-19,29,32-33H,1-2H3. The van der Waals surface area contributed by atoms with E-state index in [9.17, 15) is 9.59 Å². The summed E-state index contributed by atoms with van der Waals surface area (Å²) in [7, 11) is 0. The lowest BCUT2D eigenvalue weighted by Gasteiger charge is -2.15. The summed E-state index contributed by atoms with van der Waals surface area (Å²) in [6, 6.07) is 32.8. The Morgan fingerprint density at radius 3 is 1.40 bits per heavy atom. The molecular formula is C31H26N2O2. The monoisotopic (exact) mass is 458 g/mol. The van der Waals surface area contributed by atoms with Crippen LogP contribution < -0.4 is 0 Å². The Labute approximate surface area is 204 Å². The van der Waals surface area contributed by atoms with Gasteiger partial charge in [-0.3, -0.25) is 9.59 Å². The highest BCUT2D eigenvalue weighted by atomic mass is 16.1. The highest BCUT2D eigenvalue weighted by Gasteiger charge is 2.23. The fourth-order valence-electron chi connectivity index (χ4n) is 4.32. The molecule has 0 unspecified atom stereocenters. The lowest BCUT2D eigenvalue weighted by Crippen LogP contribution is -2.08. The fourth-order valence-corrected chi connectivity index (χ4v) is 4.32. The minimum Gasteiger partial charge on any atom is -0.355 e. The molecule has 172 valence electrons. The molecule has 0 fully saturated rings. The number of H-pyrrole nitrogens is 2. The average Bonchev–Trinajstić information content (AvgIpc) is 3.56. The van der Waals surface area contributed by atoms with Crippen LogP contribution in [0.2, 0.25) is 0 Å². The molecule has 0 amide bonds. The molecule has 2 heterocycles. The molecule has 2 aromatic heterocycles. The summed E-state index contributed by atoms with van der Waals surface area (Å²) in [6.07, 6.45) is 0. The van der Waals surface area contributed by atoms with Gasteiger partial charge < -0.3 is 9.97 Å². The first-order chi connectivity index (χ1) is 17.0. The second-order valence-electron chi connectivity index (χ2n) is 8.89. The zero-order valence-corrected chi connectivity index (χ0v) is 19.7. The fraction of sp³-hybridized carbons (Fsp3) is 0.0968. The van der Waals surface area contributed by atoms with E-state index in [1.807, 2.05) is 105 Å². The smallest absolute Gasteiger partial charge is 0.209 e. The molecule has 3 aromatic carbocycles. The van der Waals surface area contributed by atoms with Gasteiger partial charge in [-0.15, -0.1) is 0 Å². The highest BCUT2D eigenvalue weighted by Crippen LogP contribution is 2.31. The van der Waals surface area contributed by atoms with E-state index in [0.717, 1.165) is 28.1 Å². The third-order valence-electron chi connectivity index (χ3n) is 6.29. The van der Waals surface area contributed by atoms with Gasteiger partial charge in [-0.25, -0.2) is 0 Å². The van der Waals surface area contributed by atoms with Crippen LogP contribution in [-0.2, 0) is 0 Å². The minimum absolute atomic E-state index is 0.0511. The summed E-state index contributed by atoms with van der Waals surface area (Å²) < 4.78 is 0. The normalized spacial score (nSPS) is 11.1. The van der Waals surface area contributed by atoms with Crippen LogP contribution in [0.4, 0.5) is 0 Å². The number of rotatable bonds is 7. The molecule has 0 radical (unpaired) electrons. The lowest BCUT2D eigenvalue weighted by atomic mass is 9.93. The van der Waals surface area contributed by atoms with Crippen LogP contribution in [0.3, 0.4) is 0 Å². The number of carbonyl (C=O) groups is 2. The molecular weight excluding hydrogens is 432 g/mol. The molecule has 0 aliphatic carbocycles. The van der Waals surface area contributed by atoms with Crippen molar-refractivity contribution >= 4 is 11.6 Å². The van der Waals surface area contributed by atoms with Crippen LogP contribution in [0, 0.1) is 13.8 Å². The van der Waals surface area contributed by atoms with E-state index in [0.29, 0.717) is 22.5 Å². The maximum absolute atomic E-state index is 13.1. The molecule has 4 nitrogen and oxygen atoms in total. The van der Waals surface area contributed by atoms with Crippen molar-refractivity contribution in [2.75, 3.05) is 0 Å². The molecule has 5 rings (SSSR count).